The molecule has 1 saturated carbocycles. The number of nitrogens with zero attached hydrogens (tertiary/aromatic N) is 1. The molecule has 2 rings (SSSR count). The molecule has 1 aliphatic rings. The summed E-state index contributed by atoms with van der Waals surface area (Å²) >= 11 is 3.47. The van der Waals surface area contributed by atoms with Gasteiger partial charge in [-0.15, -0.1) is 0 Å². The van der Waals surface area contributed by atoms with Gasteiger partial charge in [-0.1, -0.05) is 13.8 Å². The molecule has 1 fully saturated rings. The van der Waals surface area contributed by atoms with Crippen LogP contribution in [0.4, 0.5) is 11.4 Å². The highest BCUT2D eigenvalue weighted by molar-refractivity contribution is 9.10. The van der Waals surface area contributed by atoms with Crippen molar-refractivity contribution in [2.45, 2.75) is 26.7 Å². The second-order valence-electron chi connectivity index (χ2n) is 4.96. The number of nitrogen functional groups attached to an aromatic ring is 1. The van der Waals surface area contributed by atoms with Crippen LogP contribution < -0.4 is 11.1 Å². The van der Waals surface area contributed by atoms with E-state index in [0.29, 0.717) is 11.1 Å². The first-order chi connectivity index (χ1) is 7.55. The van der Waals surface area contributed by atoms with Crippen molar-refractivity contribution >= 4 is 27.3 Å². The molecule has 1 heterocycles. The summed E-state index contributed by atoms with van der Waals surface area (Å²) in [7, 11) is 0. The highest BCUT2D eigenvalue weighted by Crippen LogP contribution is 2.52. The third-order valence-electron chi connectivity index (χ3n) is 3.66. The molecule has 1 aromatic heterocycles. The van der Waals surface area contributed by atoms with Crippen LogP contribution >= 0.6 is 15.9 Å². The predicted molar refractivity (Wildman–Crippen MR) is 71.3 cm³/mol. The maximum Gasteiger partial charge on any atom is 0.0750 e. The van der Waals surface area contributed by atoms with Gasteiger partial charge in [0.25, 0.3) is 0 Å². The SMILES string of the molecule is CC(C)C1(CNc2c(N)cncc2Br)CC1. The standard InChI is InChI=1S/C12H18BrN3/c1-8(2)12(3-4-12)7-16-11-9(13)5-15-6-10(11)14/h5-6,8H,3-4,7,14H2,1-2H3,(H,15,16). The van der Waals surface area contributed by atoms with E-state index >= 15 is 0 Å². The summed E-state index contributed by atoms with van der Waals surface area (Å²) in [6.07, 6.45) is 6.09. The monoisotopic (exact) mass is 283 g/mol. The summed E-state index contributed by atoms with van der Waals surface area (Å²) in [5, 5.41) is 3.45. The molecule has 3 N–H and O–H groups in total. The third-order valence-corrected chi connectivity index (χ3v) is 4.26. The van der Waals surface area contributed by atoms with E-state index in [0.717, 1.165) is 22.6 Å². The molecular weight excluding hydrogens is 266 g/mol. The van der Waals surface area contributed by atoms with Gasteiger partial charge in [-0.25, -0.2) is 0 Å². The lowest BCUT2D eigenvalue weighted by atomic mass is 9.92. The molecule has 0 radical (unpaired) electrons. The van der Waals surface area contributed by atoms with Crippen LogP contribution in [0.5, 0.6) is 0 Å². The largest absolute Gasteiger partial charge is 0.396 e. The van der Waals surface area contributed by atoms with Crippen LogP contribution in [0.25, 0.3) is 0 Å². The van der Waals surface area contributed by atoms with Gasteiger partial charge in [0, 0.05) is 12.7 Å². The van der Waals surface area contributed by atoms with Crippen molar-refractivity contribution in [3.63, 3.8) is 0 Å². The minimum atomic E-state index is 0.481. The fraction of sp³-hybridized carbons (Fsp3) is 0.583. The van der Waals surface area contributed by atoms with Crippen LogP contribution in [0.1, 0.15) is 26.7 Å². The van der Waals surface area contributed by atoms with Crippen LogP contribution in [0.2, 0.25) is 0 Å². The zero-order chi connectivity index (χ0) is 11.8. The Morgan fingerprint density at radius 2 is 2.19 bits per heavy atom. The van der Waals surface area contributed by atoms with E-state index in [1.165, 1.54) is 12.8 Å². The molecule has 0 spiro atoms. The van der Waals surface area contributed by atoms with E-state index in [2.05, 4.69) is 40.1 Å². The molecule has 0 aromatic carbocycles. The predicted octanol–water partition coefficient (Wildman–Crippen LogP) is 3.27. The second-order valence-corrected chi connectivity index (χ2v) is 5.81. The number of halogens is 1. The van der Waals surface area contributed by atoms with Gasteiger partial charge in [0.15, 0.2) is 0 Å². The van der Waals surface area contributed by atoms with E-state index < -0.39 is 0 Å². The van der Waals surface area contributed by atoms with Crippen molar-refractivity contribution in [1.29, 1.82) is 0 Å². The molecule has 0 unspecified atom stereocenters. The Kier molecular flexibility index (Phi) is 3.10. The molecule has 1 aromatic rings. The van der Waals surface area contributed by atoms with Gasteiger partial charge in [-0.3, -0.25) is 4.98 Å². The Bertz CT molecular complexity index is 366. The summed E-state index contributed by atoms with van der Waals surface area (Å²) in [5.74, 6) is 0.724. The van der Waals surface area contributed by atoms with Crippen LogP contribution in [0, 0.1) is 11.3 Å². The highest BCUT2D eigenvalue weighted by atomic mass is 79.9. The van der Waals surface area contributed by atoms with E-state index in [1.54, 1.807) is 12.4 Å². The number of rotatable bonds is 4. The van der Waals surface area contributed by atoms with Crippen LogP contribution in [0.3, 0.4) is 0 Å². The Balaban J connectivity index is 2.05. The molecule has 1 aliphatic carbocycles. The Morgan fingerprint density at radius 3 is 2.69 bits per heavy atom. The Hall–Kier alpha value is -0.770. The van der Waals surface area contributed by atoms with Crippen LogP contribution in [0.15, 0.2) is 16.9 Å². The van der Waals surface area contributed by atoms with Crippen molar-refractivity contribution in [2.24, 2.45) is 11.3 Å². The van der Waals surface area contributed by atoms with E-state index in [-0.39, 0.29) is 0 Å². The quantitative estimate of drug-likeness (QED) is 0.892. The lowest BCUT2D eigenvalue weighted by molar-refractivity contribution is 0.380. The molecule has 3 nitrogen and oxygen atoms in total. The fourth-order valence-corrected chi connectivity index (χ4v) is 2.51. The third kappa shape index (κ3) is 2.17. The molecule has 0 saturated heterocycles. The van der Waals surface area contributed by atoms with E-state index in [9.17, 15) is 0 Å². The number of hydrogen-bond donors (Lipinski definition) is 2. The molecule has 88 valence electrons. The molecule has 0 atom stereocenters. The lowest BCUT2D eigenvalue weighted by Gasteiger charge is -2.21. The first-order valence-corrected chi connectivity index (χ1v) is 6.47. The normalized spacial score (nSPS) is 17.5. The molecule has 0 aliphatic heterocycles. The average Bonchev–Trinajstić information content (AvgIpc) is 2.98. The van der Waals surface area contributed by atoms with Crippen LogP contribution in [-0.4, -0.2) is 11.5 Å². The number of nitrogens with two attached hydrogens (primary N) is 1. The maximum absolute atomic E-state index is 5.89. The summed E-state index contributed by atoms with van der Waals surface area (Å²) in [5.41, 5.74) is 8.05. The number of nitrogens with one attached hydrogen (secondary N) is 1. The average molecular weight is 284 g/mol. The van der Waals surface area contributed by atoms with Gasteiger partial charge < -0.3 is 11.1 Å². The van der Waals surface area contributed by atoms with Crippen molar-refractivity contribution in [1.82, 2.24) is 4.98 Å². The molecule has 4 heteroatoms. The first-order valence-electron chi connectivity index (χ1n) is 5.68. The molecule has 0 amide bonds. The highest BCUT2D eigenvalue weighted by Gasteiger charge is 2.45. The first kappa shape index (κ1) is 11.7. The summed E-state index contributed by atoms with van der Waals surface area (Å²) in [4.78, 5) is 4.03. The zero-order valence-electron chi connectivity index (χ0n) is 9.76. The van der Waals surface area contributed by atoms with Crippen molar-refractivity contribution in [2.75, 3.05) is 17.6 Å². The molecule has 16 heavy (non-hydrogen) atoms. The van der Waals surface area contributed by atoms with Gasteiger partial charge in [0.1, 0.15) is 0 Å². The van der Waals surface area contributed by atoms with Crippen molar-refractivity contribution in [3.8, 4) is 0 Å². The van der Waals surface area contributed by atoms with Crippen molar-refractivity contribution in [3.05, 3.63) is 16.9 Å². The van der Waals surface area contributed by atoms with Gasteiger partial charge in [0.05, 0.1) is 22.0 Å². The minimum absolute atomic E-state index is 0.481. The van der Waals surface area contributed by atoms with Gasteiger partial charge in [0.2, 0.25) is 0 Å². The zero-order valence-corrected chi connectivity index (χ0v) is 11.3. The van der Waals surface area contributed by atoms with E-state index in [4.69, 9.17) is 5.73 Å². The summed E-state index contributed by atoms with van der Waals surface area (Å²) < 4.78 is 0.937. The van der Waals surface area contributed by atoms with Crippen LogP contribution in [-0.2, 0) is 0 Å². The van der Waals surface area contributed by atoms with E-state index in [1.807, 2.05) is 0 Å². The number of hydrogen-bond acceptors (Lipinski definition) is 3. The summed E-state index contributed by atoms with van der Waals surface area (Å²) in [6.45, 7) is 5.58. The topological polar surface area (TPSA) is 50.9 Å². The number of anilines is 2. The Labute approximate surface area is 105 Å². The number of pyridine rings is 1. The summed E-state index contributed by atoms with van der Waals surface area (Å²) in [6, 6.07) is 0. The fourth-order valence-electron chi connectivity index (χ4n) is 2.02. The van der Waals surface area contributed by atoms with Gasteiger partial charge in [-0.05, 0) is 40.1 Å². The maximum atomic E-state index is 5.89. The van der Waals surface area contributed by atoms with Crippen molar-refractivity contribution < 1.29 is 0 Å². The Morgan fingerprint density at radius 1 is 1.50 bits per heavy atom. The van der Waals surface area contributed by atoms with Gasteiger partial charge >= 0.3 is 0 Å². The molecular formula is C12H18BrN3. The lowest BCUT2D eigenvalue weighted by Crippen LogP contribution is -2.21. The second kappa shape index (κ2) is 4.24. The smallest absolute Gasteiger partial charge is 0.0750 e. The molecule has 0 bridgehead atoms. The van der Waals surface area contributed by atoms with Gasteiger partial charge in [-0.2, -0.15) is 0 Å². The number of aromatic nitrogens is 1. The minimum Gasteiger partial charge on any atom is -0.396 e.